The van der Waals surface area contributed by atoms with Crippen molar-refractivity contribution in [3.05, 3.63) is 98.7 Å². The van der Waals surface area contributed by atoms with Crippen LogP contribution < -0.4 is 21.3 Å². The van der Waals surface area contributed by atoms with Crippen LogP contribution in [0, 0.1) is 13.8 Å². The summed E-state index contributed by atoms with van der Waals surface area (Å²) in [5, 5.41) is 3.19. The van der Waals surface area contributed by atoms with Gasteiger partial charge in [0.05, 0.1) is 23.7 Å². The lowest BCUT2D eigenvalue weighted by Crippen LogP contribution is -2.40. The largest absolute Gasteiger partial charge is 0.497 e. The van der Waals surface area contributed by atoms with Crippen molar-refractivity contribution in [2.45, 2.75) is 20.4 Å². The van der Waals surface area contributed by atoms with E-state index in [0.29, 0.717) is 28.0 Å². The minimum Gasteiger partial charge on any atom is -0.497 e. The van der Waals surface area contributed by atoms with Crippen molar-refractivity contribution in [3.63, 3.8) is 0 Å². The quantitative estimate of drug-likeness (QED) is 0.527. The molecule has 0 atom stereocenters. The zero-order valence-corrected chi connectivity index (χ0v) is 18.1. The maximum Gasteiger partial charge on any atom is 0.336 e. The molecule has 0 spiro atoms. The number of fused-ring (bicyclic) bond motifs is 1. The van der Waals surface area contributed by atoms with Crippen molar-refractivity contribution in [2.75, 3.05) is 12.4 Å². The molecule has 3 aromatic carbocycles. The van der Waals surface area contributed by atoms with Gasteiger partial charge in [0.1, 0.15) is 12.3 Å². The van der Waals surface area contributed by atoms with Gasteiger partial charge in [-0.3, -0.25) is 14.2 Å². The van der Waals surface area contributed by atoms with Gasteiger partial charge in [0, 0.05) is 5.69 Å². The topological polar surface area (TPSA) is 82.3 Å². The lowest BCUT2D eigenvalue weighted by atomic mass is 10.1. The Kier molecular flexibility index (Phi) is 5.64. The van der Waals surface area contributed by atoms with Crippen LogP contribution in [-0.4, -0.2) is 22.2 Å². The Labute approximate surface area is 184 Å². The minimum absolute atomic E-state index is 0.233. The summed E-state index contributed by atoms with van der Waals surface area (Å²) in [7, 11) is 1.54. The monoisotopic (exact) mass is 429 g/mol. The van der Waals surface area contributed by atoms with E-state index in [0.717, 1.165) is 15.7 Å². The maximum atomic E-state index is 13.4. The number of hydrogen-bond donors (Lipinski definition) is 1. The van der Waals surface area contributed by atoms with E-state index in [2.05, 4.69) is 5.32 Å². The normalized spacial score (nSPS) is 10.8. The number of carbonyl (C=O) groups excluding carboxylic acids is 1. The van der Waals surface area contributed by atoms with Crippen molar-refractivity contribution >= 4 is 22.5 Å². The van der Waals surface area contributed by atoms with E-state index in [1.54, 1.807) is 49.6 Å². The van der Waals surface area contributed by atoms with Gasteiger partial charge in [0.15, 0.2) is 0 Å². The predicted octanol–water partition coefficient (Wildman–Crippen LogP) is 3.42. The number of methoxy groups -OCH3 is 1. The van der Waals surface area contributed by atoms with Crippen LogP contribution in [-0.2, 0) is 11.3 Å². The first-order chi connectivity index (χ1) is 15.4. The van der Waals surface area contributed by atoms with Gasteiger partial charge >= 0.3 is 5.69 Å². The number of aromatic nitrogens is 2. The molecule has 0 aliphatic carbocycles. The molecule has 0 aliphatic heterocycles. The van der Waals surface area contributed by atoms with Crippen LogP contribution in [0.15, 0.2) is 76.3 Å². The Hall–Kier alpha value is -4.13. The SMILES string of the molecule is COc1ccc(-n2c(=O)c3cc(C)ccc3n(CC(=O)Nc3cccc(C)c3)c2=O)cc1. The number of rotatable bonds is 5. The number of nitrogens with zero attached hydrogens (tertiary/aromatic N) is 2. The second kappa shape index (κ2) is 8.55. The molecule has 7 nitrogen and oxygen atoms in total. The fourth-order valence-corrected chi connectivity index (χ4v) is 3.67. The lowest BCUT2D eigenvalue weighted by Gasteiger charge is -2.15. The summed E-state index contributed by atoms with van der Waals surface area (Å²) >= 11 is 0. The van der Waals surface area contributed by atoms with Gasteiger partial charge in [0.2, 0.25) is 5.91 Å². The number of hydrogen-bond acceptors (Lipinski definition) is 4. The van der Waals surface area contributed by atoms with Gasteiger partial charge < -0.3 is 10.1 Å². The molecule has 1 aromatic heterocycles. The highest BCUT2D eigenvalue weighted by Crippen LogP contribution is 2.16. The van der Waals surface area contributed by atoms with Crippen LogP contribution >= 0.6 is 0 Å². The van der Waals surface area contributed by atoms with Crippen LogP contribution in [0.3, 0.4) is 0 Å². The van der Waals surface area contributed by atoms with Gasteiger partial charge in [-0.15, -0.1) is 0 Å². The highest BCUT2D eigenvalue weighted by Gasteiger charge is 2.17. The van der Waals surface area contributed by atoms with Gasteiger partial charge in [0.25, 0.3) is 5.56 Å². The first-order valence-electron chi connectivity index (χ1n) is 10.1. The molecule has 0 unspecified atom stereocenters. The summed E-state index contributed by atoms with van der Waals surface area (Å²) in [6.45, 7) is 3.57. The average molecular weight is 429 g/mol. The third kappa shape index (κ3) is 4.05. The van der Waals surface area contributed by atoms with Crippen LogP contribution in [0.4, 0.5) is 5.69 Å². The molecule has 0 saturated heterocycles. The van der Waals surface area contributed by atoms with Crippen LogP contribution in [0.1, 0.15) is 11.1 Å². The first-order valence-corrected chi connectivity index (χ1v) is 10.1. The van der Waals surface area contributed by atoms with Crippen molar-refractivity contribution in [3.8, 4) is 11.4 Å². The number of carbonyl (C=O) groups is 1. The molecule has 7 heteroatoms. The van der Waals surface area contributed by atoms with E-state index in [1.807, 2.05) is 38.1 Å². The lowest BCUT2D eigenvalue weighted by molar-refractivity contribution is -0.116. The maximum absolute atomic E-state index is 13.4. The number of aryl methyl sites for hydroxylation is 2. The molecule has 0 radical (unpaired) electrons. The Balaban J connectivity index is 1.84. The number of benzene rings is 3. The molecule has 1 amide bonds. The van der Waals surface area contributed by atoms with Crippen molar-refractivity contribution in [1.29, 1.82) is 0 Å². The molecule has 0 bridgehead atoms. The standard InChI is InChI=1S/C25H23N3O4/c1-16-5-4-6-18(13-16)26-23(29)15-27-22-12-7-17(2)14-21(22)24(30)28(25(27)31)19-8-10-20(32-3)11-9-19/h4-14H,15H2,1-3H3,(H,26,29). The van der Waals surface area contributed by atoms with E-state index in [4.69, 9.17) is 4.74 Å². The highest BCUT2D eigenvalue weighted by molar-refractivity contribution is 5.91. The van der Waals surface area contributed by atoms with Crippen LogP contribution in [0.5, 0.6) is 5.75 Å². The van der Waals surface area contributed by atoms with E-state index < -0.39 is 11.2 Å². The summed E-state index contributed by atoms with van der Waals surface area (Å²) in [5.74, 6) is 0.246. The molecule has 1 N–H and O–H groups in total. The Morgan fingerprint density at radius 2 is 1.66 bits per heavy atom. The molecule has 162 valence electrons. The van der Waals surface area contributed by atoms with Gasteiger partial charge in [-0.2, -0.15) is 0 Å². The smallest absolute Gasteiger partial charge is 0.336 e. The van der Waals surface area contributed by atoms with Gasteiger partial charge in [-0.25, -0.2) is 9.36 Å². The molecule has 0 fully saturated rings. The first kappa shape index (κ1) is 21.1. The average Bonchev–Trinajstić information content (AvgIpc) is 2.77. The second-order valence-corrected chi connectivity index (χ2v) is 7.65. The molecule has 1 heterocycles. The fraction of sp³-hybridized carbons (Fsp3) is 0.160. The van der Waals surface area contributed by atoms with Crippen molar-refractivity contribution in [1.82, 2.24) is 9.13 Å². The number of anilines is 1. The summed E-state index contributed by atoms with van der Waals surface area (Å²) in [4.78, 5) is 39.4. The number of nitrogens with one attached hydrogen (secondary N) is 1. The van der Waals surface area contributed by atoms with E-state index in [-0.39, 0.29) is 12.5 Å². The molecular weight excluding hydrogens is 406 g/mol. The Morgan fingerprint density at radius 1 is 0.938 bits per heavy atom. The highest BCUT2D eigenvalue weighted by atomic mass is 16.5. The minimum atomic E-state index is -0.587. The second-order valence-electron chi connectivity index (χ2n) is 7.65. The molecule has 4 rings (SSSR count). The summed E-state index contributed by atoms with van der Waals surface area (Å²) in [5.41, 5.74) is 2.32. The fourth-order valence-electron chi connectivity index (χ4n) is 3.67. The zero-order chi connectivity index (χ0) is 22.8. The Morgan fingerprint density at radius 3 is 2.34 bits per heavy atom. The number of amides is 1. The molecule has 32 heavy (non-hydrogen) atoms. The molecule has 0 saturated carbocycles. The molecule has 0 aliphatic rings. The van der Waals surface area contributed by atoms with E-state index in [9.17, 15) is 14.4 Å². The summed E-state index contributed by atoms with van der Waals surface area (Å²) < 4.78 is 7.58. The molecule has 4 aromatic rings. The van der Waals surface area contributed by atoms with Crippen LogP contribution in [0.2, 0.25) is 0 Å². The Bertz CT molecular complexity index is 1430. The third-order valence-electron chi connectivity index (χ3n) is 5.23. The van der Waals surface area contributed by atoms with Gasteiger partial charge in [-0.05, 0) is 67.9 Å². The zero-order valence-electron chi connectivity index (χ0n) is 18.1. The van der Waals surface area contributed by atoms with Crippen LogP contribution in [0.25, 0.3) is 16.6 Å². The predicted molar refractivity (Wildman–Crippen MR) is 125 cm³/mol. The van der Waals surface area contributed by atoms with E-state index >= 15 is 0 Å². The van der Waals surface area contributed by atoms with Gasteiger partial charge in [-0.1, -0.05) is 23.8 Å². The van der Waals surface area contributed by atoms with Crippen molar-refractivity contribution in [2.24, 2.45) is 0 Å². The third-order valence-corrected chi connectivity index (χ3v) is 5.23. The van der Waals surface area contributed by atoms with Crippen molar-refractivity contribution < 1.29 is 9.53 Å². The van der Waals surface area contributed by atoms with E-state index in [1.165, 1.54) is 4.57 Å². The number of ether oxygens (including phenoxy) is 1. The summed E-state index contributed by atoms with van der Waals surface area (Å²) in [6.07, 6.45) is 0. The molecular formula is C25H23N3O4. The summed E-state index contributed by atoms with van der Waals surface area (Å²) in [6, 6.07) is 19.3.